The van der Waals surface area contributed by atoms with Crippen molar-refractivity contribution in [3.8, 4) is 0 Å². The average molecular weight is 471 g/mol. The van der Waals surface area contributed by atoms with Crippen LogP contribution in [-0.4, -0.2) is 23.2 Å². The van der Waals surface area contributed by atoms with Gasteiger partial charge in [-0.2, -0.15) is 0 Å². The first-order valence-corrected chi connectivity index (χ1v) is 11.6. The first kappa shape index (κ1) is 21.6. The molecule has 0 spiro atoms. The minimum absolute atomic E-state index is 0.145. The second kappa shape index (κ2) is 9.27. The molecule has 1 heterocycles. The molecule has 4 nitrogen and oxygen atoms in total. The van der Waals surface area contributed by atoms with E-state index in [1.54, 1.807) is 51.7 Å². The summed E-state index contributed by atoms with van der Waals surface area (Å²) in [6.45, 7) is 4.67. The van der Waals surface area contributed by atoms with E-state index in [1.165, 1.54) is 0 Å². The van der Waals surface area contributed by atoms with Crippen molar-refractivity contribution in [2.24, 2.45) is 0 Å². The molecule has 31 heavy (non-hydrogen) atoms. The molecule has 0 bridgehead atoms. The molecule has 158 valence electrons. The van der Waals surface area contributed by atoms with Gasteiger partial charge in [0.2, 0.25) is 0 Å². The van der Waals surface area contributed by atoms with E-state index < -0.39 is 11.0 Å². The van der Waals surface area contributed by atoms with E-state index in [-0.39, 0.29) is 5.91 Å². The summed E-state index contributed by atoms with van der Waals surface area (Å²) in [5.74, 6) is -0.145. The van der Waals surface area contributed by atoms with E-state index in [9.17, 15) is 9.00 Å². The third-order valence-corrected chi connectivity index (χ3v) is 7.34. The molecule has 4 rings (SSSR count). The summed E-state index contributed by atoms with van der Waals surface area (Å²) in [6.07, 6.45) is 2.46. The molecule has 0 fully saturated rings. The van der Waals surface area contributed by atoms with Crippen LogP contribution in [0, 0.1) is 0 Å². The van der Waals surface area contributed by atoms with Crippen LogP contribution in [0.5, 0.6) is 0 Å². The topological polar surface area (TPSA) is 40.6 Å². The van der Waals surface area contributed by atoms with Gasteiger partial charge >= 0.3 is 0 Å². The molecular formula is C24H20Cl2N2O2S. The Hall–Kier alpha value is -2.60. The molecule has 0 aromatic heterocycles. The predicted octanol–water partition coefficient (Wildman–Crippen LogP) is 5.91. The minimum atomic E-state index is -1.69. The van der Waals surface area contributed by atoms with Crippen molar-refractivity contribution >= 4 is 51.5 Å². The van der Waals surface area contributed by atoms with Crippen LogP contribution in [-0.2, 0) is 17.4 Å². The van der Waals surface area contributed by atoms with Gasteiger partial charge in [0.05, 0.1) is 27.2 Å². The molecular weight excluding hydrogens is 451 g/mol. The lowest BCUT2D eigenvalue weighted by molar-refractivity contribution is 0.0989. The summed E-state index contributed by atoms with van der Waals surface area (Å²) >= 11 is 12.7. The highest BCUT2D eigenvalue weighted by molar-refractivity contribution is 7.86. The van der Waals surface area contributed by atoms with Crippen molar-refractivity contribution in [1.29, 1.82) is 0 Å². The molecule has 0 saturated heterocycles. The predicted molar refractivity (Wildman–Crippen MR) is 129 cm³/mol. The van der Waals surface area contributed by atoms with Gasteiger partial charge in [0, 0.05) is 17.8 Å². The van der Waals surface area contributed by atoms with Gasteiger partial charge in [0.1, 0.15) is 0 Å². The third kappa shape index (κ3) is 4.26. The second-order valence-electron chi connectivity index (χ2n) is 7.03. The van der Waals surface area contributed by atoms with E-state index >= 15 is 0 Å². The Morgan fingerprint density at radius 1 is 1.06 bits per heavy atom. The fourth-order valence-electron chi connectivity index (χ4n) is 3.62. The summed E-state index contributed by atoms with van der Waals surface area (Å²) in [7, 11) is -1.69. The Kier molecular flexibility index (Phi) is 6.46. The number of amides is 1. The van der Waals surface area contributed by atoms with Gasteiger partial charge in [-0.05, 0) is 48.4 Å². The molecule has 1 amide bonds. The van der Waals surface area contributed by atoms with Crippen LogP contribution < -0.4 is 9.21 Å². The van der Waals surface area contributed by atoms with Gasteiger partial charge < -0.3 is 4.90 Å². The lowest BCUT2D eigenvalue weighted by Crippen LogP contribution is -2.30. The molecule has 1 unspecified atom stereocenters. The standard InChI is InChI=1S/C24H20Cl2N2O2S/c1-2-14-28(22-10-6-4-8-19(22)25)31(30)23-16-18(11-12-20(23)26)24(29)27-15-13-17-7-3-5-9-21(17)27/h2-12,16H,1,13-15H2. The molecule has 7 heteroatoms. The molecule has 3 aromatic carbocycles. The van der Waals surface area contributed by atoms with E-state index in [0.717, 1.165) is 17.7 Å². The van der Waals surface area contributed by atoms with Crippen molar-refractivity contribution in [2.75, 3.05) is 22.3 Å². The fourth-order valence-corrected chi connectivity index (χ4v) is 5.50. The fraction of sp³-hybridized carbons (Fsp3) is 0.125. The number of halogens is 2. The number of benzene rings is 3. The molecule has 0 saturated carbocycles. The Labute approximate surface area is 194 Å². The number of rotatable bonds is 6. The largest absolute Gasteiger partial charge is 0.308 e. The van der Waals surface area contributed by atoms with Gasteiger partial charge in [-0.3, -0.25) is 9.10 Å². The van der Waals surface area contributed by atoms with Crippen molar-refractivity contribution in [3.05, 3.63) is 101 Å². The number of hydrogen-bond donors (Lipinski definition) is 0. The van der Waals surface area contributed by atoms with Crippen LogP contribution in [0.3, 0.4) is 0 Å². The highest BCUT2D eigenvalue weighted by atomic mass is 35.5. The van der Waals surface area contributed by atoms with Gasteiger partial charge in [-0.25, -0.2) is 4.21 Å². The molecule has 0 N–H and O–H groups in total. The highest BCUT2D eigenvalue weighted by Crippen LogP contribution is 2.33. The number of carbonyl (C=O) groups excluding carboxylic acids is 1. The Balaban J connectivity index is 1.69. The number of carbonyl (C=O) groups is 1. The summed E-state index contributed by atoms with van der Waals surface area (Å²) in [5, 5.41) is 0.785. The lowest BCUT2D eigenvalue weighted by atomic mass is 10.1. The number of nitrogens with zero attached hydrogens (tertiary/aromatic N) is 2. The van der Waals surface area contributed by atoms with E-state index in [2.05, 4.69) is 6.58 Å². The molecule has 1 aliphatic rings. The second-order valence-corrected chi connectivity index (χ2v) is 9.22. The van der Waals surface area contributed by atoms with E-state index in [0.29, 0.717) is 39.3 Å². The number of anilines is 2. The number of hydrogen-bond acceptors (Lipinski definition) is 2. The zero-order valence-corrected chi connectivity index (χ0v) is 19.0. The Morgan fingerprint density at radius 3 is 2.58 bits per heavy atom. The van der Waals surface area contributed by atoms with E-state index in [1.807, 2.05) is 30.3 Å². The van der Waals surface area contributed by atoms with Crippen molar-refractivity contribution < 1.29 is 9.00 Å². The molecule has 0 aliphatic carbocycles. The van der Waals surface area contributed by atoms with Crippen LogP contribution in [0.1, 0.15) is 15.9 Å². The monoisotopic (exact) mass is 470 g/mol. The van der Waals surface area contributed by atoms with Crippen molar-refractivity contribution in [1.82, 2.24) is 0 Å². The zero-order valence-electron chi connectivity index (χ0n) is 16.6. The van der Waals surface area contributed by atoms with E-state index in [4.69, 9.17) is 23.2 Å². The maximum Gasteiger partial charge on any atom is 0.258 e. The van der Waals surface area contributed by atoms with Crippen LogP contribution >= 0.6 is 23.2 Å². The van der Waals surface area contributed by atoms with Gasteiger partial charge in [-0.15, -0.1) is 6.58 Å². The first-order valence-electron chi connectivity index (χ1n) is 9.75. The van der Waals surface area contributed by atoms with Gasteiger partial charge in [-0.1, -0.05) is 59.6 Å². The first-order chi connectivity index (χ1) is 15.0. The number of fused-ring (bicyclic) bond motifs is 1. The maximum absolute atomic E-state index is 13.5. The lowest BCUT2D eigenvalue weighted by Gasteiger charge is -2.24. The molecule has 3 aromatic rings. The SMILES string of the molecule is C=CCN(c1ccccc1Cl)S(=O)c1cc(C(=O)N2CCc3ccccc32)ccc1Cl. The molecule has 1 atom stereocenters. The van der Waals surface area contributed by atoms with Crippen LogP contribution in [0.2, 0.25) is 10.0 Å². The Bertz CT molecular complexity index is 1180. The zero-order chi connectivity index (χ0) is 22.0. The Morgan fingerprint density at radius 2 is 1.81 bits per heavy atom. The average Bonchev–Trinajstić information content (AvgIpc) is 3.22. The van der Waals surface area contributed by atoms with Crippen molar-refractivity contribution in [3.63, 3.8) is 0 Å². The van der Waals surface area contributed by atoms with Crippen LogP contribution in [0.4, 0.5) is 11.4 Å². The van der Waals surface area contributed by atoms with Crippen LogP contribution in [0.25, 0.3) is 0 Å². The minimum Gasteiger partial charge on any atom is -0.308 e. The molecule has 0 radical (unpaired) electrons. The third-order valence-electron chi connectivity index (χ3n) is 5.11. The van der Waals surface area contributed by atoms with Gasteiger partial charge in [0.25, 0.3) is 5.91 Å². The smallest absolute Gasteiger partial charge is 0.258 e. The number of para-hydroxylation sites is 2. The normalized spacial score (nSPS) is 13.5. The molecule has 1 aliphatic heterocycles. The van der Waals surface area contributed by atoms with Crippen LogP contribution in [0.15, 0.2) is 84.3 Å². The van der Waals surface area contributed by atoms with Gasteiger partial charge in [0.15, 0.2) is 11.0 Å². The summed E-state index contributed by atoms with van der Waals surface area (Å²) in [5.41, 5.74) is 3.09. The highest BCUT2D eigenvalue weighted by Gasteiger charge is 2.27. The van der Waals surface area contributed by atoms with Crippen molar-refractivity contribution in [2.45, 2.75) is 11.3 Å². The summed E-state index contributed by atoms with van der Waals surface area (Å²) in [6, 6.07) is 19.9. The quantitative estimate of drug-likeness (QED) is 0.420. The summed E-state index contributed by atoms with van der Waals surface area (Å²) in [4.78, 5) is 15.3. The maximum atomic E-state index is 13.5. The summed E-state index contributed by atoms with van der Waals surface area (Å²) < 4.78 is 15.1.